The molecule has 0 bridgehead atoms. The van der Waals surface area contributed by atoms with E-state index in [-0.39, 0.29) is 0 Å². The van der Waals surface area contributed by atoms with Crippen LogP contribution in [-0.4, -0.2) is 22.9 Å². The van der Waals surface area contributed by atoms with Crippen molar-refractivity contribution in [2.75, 3.05) is 0 Å². The Morgan fingerprint density at radius 1 is 1.18 bits per heavy atom. The molecule has 0 aliphatic rings. The van der Waals surface area contributed by atoms with Gasteiger partial charge >= 0.3 is 5.97 Å². The average Bonchev–Trinajstić information content (AvgIpc) is 2.26. The second-order valence-electron chi connectivity index (χ2n) is 3.23. The maximum Gasteiger partial charge on any atom is 0.312 e. The van der Waals surface area contributed by atoms with Gasteiger partial charge in [-0.05, 0) is 11.6 Å². The summed E-state index contributed by atoms with van der Waals surface area (Å²) in [6.07, 6.45) is 1.99. The standard InChI is InChI=1S/C12H11NO4/c14-10(13-11(15)8-12(16)17)7-6-9-4-2-1-3-5-9/h1-7H,8H2,(H,16,17)(H,13,14,15). The Hall–Kier alpha value is -2.43. The lowest BCUT2D eigenvalue weighted by Gasteiger charge is -1.97. The number of carbonyl (C=O) groups is 3. The van der Waals surface area contributed by atoms with Gasteiger partial charge in [0.05, 0.1) is 0 Å². The van der Waals surface area contributed by atoms with E-state index in [2.05, 4.69) is 0 Å². The van der Waals surface area contributed by atoms with E-state index >= 15 is 0 Å². The van der Waals surface area contributed by atoms with Gasteiger partial charge in [0.2, 0.25) is 5.91 Å². The van der Waals surface area contributed by atoms with Gasteiger partial charge in [0, 0.05) is 6.08 Å². The van der Waals surface area contributed by atoms with Crippen LogP contribution in [0.4, 0.5) is 0 Å². The number of nitrogens with one attached hydrogen (secondary N) is 1. The SMILES string of the molecule is O=C(O)CC(=O)NC(=O)C=Cc1ccccc1. The maximum absolute atomic E-state index is 11.2. The number of aliphatic carboxylic acids is 1. The number of hydrogen-bond donors (Lipinski definition) is 2. The summed E-state index contributed by atoms with van der Waals surface area (Å²) >= 11 is 0. The molecular formula is C12H11NO4. The molecule has 5 heteroatoms. The molecule has 0 saturated heterocycles. The van der Waals surface area contributed by atoms with Crippen LogP contribution in [-0.2, 0) is 14.4 Å². The minimum absolute atomic E-state index is 0.639. The Kier molecular flexibility index (Phi) is 4.62. The van der Waals surface area contributed by atoms with Crippen molar-refractivity contribution in [1.82, 2.24) is 5.32 Å². The summed E-state index contributed by atoms with van der Waals surface area (Å²) in [7, 11) is 0. The quantitative estimate of drug-likeness (QED) is 0.595. The van der Waals surface area contributed by atoms with Crippen molar-refractivity contribution in [3.63, 3.8) is 0 Å². The van der Waals surface area contributed by atoms with Gasteiger partial charge in [0.15, 0.2) is 0 Å². The van der Waals surface area contributed by atoms with Crippen LogP contribution in [0.2, 0.25) is 0 Å². The molecule has 2 amide bonds. The molecule has 1 aromatic carbocycles. The smallest absolute Gasteiger partial charge is 0.312 e. The number of amides is 2. The van der Waals surface area contributed by atoms with Crippen molar-refractivity contribution in [3.8, 4) is 0 Å². The number of hydrogen-bond acceptors (Lipinski definition) is 3. The second kappa shape index (κ2) is 6.22. The average molecular weight is 233 g/mol. The number of carboxylic acids is 1. The molecule has 0 atom stereocenters. The third kappa shape index (κ3) is 5.27. The molecule has 1 rings (SSSR count). The van der Waals surface area contributed by atoms with Crippen molar-refractivity contribution in [2.24, 2.45) is 0 Å². The normalized spacial score (nSPS) is 10.1. The number of rotatable bonds is 4. The van der Waals surface area contributed by atoms with E-state index in [4.69, 9.17) is 5.11 Å². The lowest BCUT2D eigenvalue weighted by atomic mass is 10.2. The predicted molar refractivity (Wildman–Crippen MR) is 60.9 cm³/mol. The molecule has 2 N–H and O–H groups in total. The highest BCUT2D eigenvalue weighted by Gasteiger charge is 2.09. The molecule has 0 spiro atoms. The molecule has 0 aliphatic carbocycles. The highest BCUT2D eigenvalue weighted by Crippen LogP contribution is 2.00. The van der Waals surface area contributed by atoms with E-state index in [0.29, 0.717) is 0 Å². The third-order valence-corrected chi connectivity index (χ3v) is 1.80. The summed E-state index contributed by atoms with van der Waals surface area (Å²) in [6.45, 7) is 0. The molecule has 0 fully saturated rings. The van der Waals surface area contributed by atoms with Crippen LogP contribution < -0.4 is 5.32 Å². The highest BCUT2D eigenvalue weighted by molar-refractivity contribution is 6.06. The minimum Gasteiger partial charge on any atom is -0.481 e. The van der Waals surface area contributed by atoms with Gasteiger partial charge in [0.1, 0.15) is 6.42 Å². The first-order valence-corrected chi connectivity index (χ1v) is 4.86. The molecule has 5 nitrogen and oxygen atoms in total. The Balaban J connectivity index is 2.47. The van der Waals surface area contributed by atoms with E-state index < -0.39 is 24.2 Å². The van der Waals surface area contributed by atoms with Gasteiger partial charge in [-0.3, -0.25) is 19.7 Å². The zero-order valence-corrected chi connectivity index (χ0v) is 8.92. The molecule has 0 unspecified atom stereocenters. The maximum atomic E-state index is 11.2. The largest absolute Gasteiger partial charge is 0.481 e. The van der Waals surface area contributed by atoms with E-state index in [1.807, 2.05) is 23.5 Å². The highest BCUT2D eigenvalue weighted by atomic mass is 16.4. The Bertz CT molecular complexity index is 451. The predicted octanol–water partition coefficient (Wildman–Crippen LogP) is 0.817. The van der Waals surface area contributed by atoms with Gasteiger partial charge in [-0.1, -0.05) is 30.3 Å². The minimum atomic E-state index is -1.28. The van der Waals surface area contributed by atoms with Crippen LogP contribution in [0.25, 0.3) is 6.08 Å². The summed E-state index contributed by atoms with van der Waals surface area (Å²) in [5, 5.41) is 10.3. The summed E-state index contributed by atoms with van der Waals surface area (Å²) in [4.78, 5) is 32.3. The van der Waals surface area contributed by atoms with Crippen molar-refractivity contribution < 1.29 is 19.5 Å². The molecule has 0 aliphatic heterocycles. The Morgan fingerprint density at radius 2 is 1.82 bits per heavy atom. The Morgan fingerprint density at radius 3 is 2.41 bits per heavy atom. The second-order valence-corrected chi connectivity index (χ2v) is 3.23. The first-order chi connectivity index (χ1) is 8.08. The van der Waals surface area contributed by atoms with Crippen LogP contribution in [0.1, 0.15) is 12.0 Å². The topological polar surface area (TPSA) is 83.5 Å². The number of carbonyl (C=O) groups excluding carboxylic acids is 2. The zero-order chi connectivity index (χ0) is 12.7. The number of benzene rings is 1. The molecule has 1 aromatic rings. The summed E-state index contributed by atoms with van der Waals surface area (Å²) in [6, 6.07) is 9.06. The summed E-state index contributed by atoms with van der Waals surface area (Å²) in [5.74, 6) is -2.75. The van der Waals surface area contributed by atoms with E-state index in [1.54, 1.807) is 12.1 Å². The zero-order valence-electron chi connectivity index (χ0n) is 8.92. The number of carboxylic acid groups (broad SMARTS) is 1. The van der Waals surface area contributed by atoms with Crippen LogP contribution in [0, 0.1) is 0 Å². The fraction of sp³-hybridized carbons (Fsp3) is 0.0833. The fourth-order valence-electron chi connectivity index (χ4n) is 1.10. The lowest BCUT2D eigenvalue weighted by Crippen LogP contribution is -2.30. The molecule has 0 aromatic heterocycles. The fourth-order valence-corrected chi connectivity index (χ4v) is 1.10. The van der Waals surface area contributed by atoms with E-state index in [9.17, 15) is 14.4 Å². The van der Waals surface area contributed by atoms with E-state index in [1.165, 1.54) is 12.2 Å². The van der Waals surface area contributed by atoms with Crippen molar-refractivity contribution in [2.45, 2.75) is 6.42 Å². The van der Waals surface area contributed by atoms with Crippen molar-refractivity contribution >= 4 is 23.9 Å². The first kappa shape index (κ1) is 12.6. The summed E-state index contributed by atoms with van der Waals surface area (Å²) < 4.78 is 0. The van der Waals surface area contributed by atoms with Gasteiger partial charge in [-0.25, -0.2) is 0 Å². The van der Waals surface area contributed by atoms with Crippen LogP contribution in [0.15, 0.2) is 36.4 Å². The molecule has 0 radical (unpaired) electrons. The lowest BCUT2D eigenvalue weighted by molar-refractivity contribution is -0.141. The molecular weight excluding hydrogens is 222 g/mol. The van der Waals surface area contributed by atoms with Crippen LogP contribution in [0.5, 0.6) is 0 Å². The molecule has 88 valence electrons. The molecule has 0 heterocycles. The van der Waals surface area contributed by atoms with Crippen LogP contribution >= 0.6 is 0 Å². The van der Waals surface area contributed by atoms with Gasteiger partial charge in [-0.2, -0.15) is 0 Å². The van der Waals surface area contributed by atoms with Gasteiger partial charge < -0.3 is 5.11 Å². The molecule has 17 heavy (non-hydrogen) atoms. The molecule has 0 saturated carbocycles. The van der Waals surface area contributed by atoms with Gasteiger partial charge in [-0.15, -0.1) is 0 Å². The van der Waals surface area contributed by atoms with Crippen LogP contribution in [0.3, 0.4) is 0 Å². The monoisotopic (exact) mass is 233 g/mol. The Labute approximate surface area is 97.8 Å². The van der Waals surface area contributed by atoms with Crippen molar-refractivity contribution in [1.29, 1.82) is 0 Å². The number of imide groups is 1. The van der Waals surface area contributed by atoms with Crippen molar-refractivity contribution in [3.05, 3.63) is 42.0 Å². The third-order valence-electron chi connectivity index (χ3n) is 1.80. The van der Waals surface area contributed by atoms with Gasteiger partial charge in [0.25, 0.3) is 5.91 Å². The summed E-state index contributed by atoms with van der Waals surface area (Å²) in [5.41, 5.74) is 0.813. The van der Waals surface area contributed by atoms with E-state index in [0.717, 1.165) is 5.56 Å². The first-order valence-electron chi connectivity index (χ1n) is 4.86.